The van der Waals surface area contributed by atoms with E-state index in [1.54, 1.807) is 11.0 Å². The van der Waals surface area contributed by atoms with Crippen LogP contribution >= 0.6 is 11.6 Å². The Morgan fingerprint density at radius 1 is 1.69 bits per heavy atom. The number of halogens is 1. The molecule has 1 aromatic heterocycles. The molecule has 1 amide bonds. The highest BCUT2D eigenvalue weighted by molar-refractivity contribution is 6.33. The topological polar surface area (TPSA) is 57.0 Å². The van der Waals surface area contributed by atoms with E-state index in [2.05, 4.69) is 4.98 Å². The molecule has 5 heteroatoms. The van der Waals surface area contributed by atoms with Crippen LogP contribution in [0.2, 0.25) is 5.02 Å². The molecule has 0 saturated heterocycles. The molecule has 0 aromatic carbocycles. The predicted octanol–water partition coefficient (Wildman–Crippen LogP) is 2.11. The lowest BCUT2D eigenvalue weighted by Crippen LogP contribution is -2.31. The molecule has 0 spiro atoms. The van der Waals surface area contributed by atoms with Crippen molar-refractivity contribution in [3.8, 4) is 6.07 Å². The van der Waals surface area contributed by atoms with Gasteiger partial charge in [0.05, 0.1) is 23.1 Å². The Bertz CT molecular complexity index is 414. The molecule has 1 aromatic rings. The normalized spacial score (nSPS) is 9.56. The van der Waals surface area contributed by atoms with Crippen LogP contribution in [-0.2, 0) is 0 Å². The number of rotatable bonds is 4. The second-order valence-electron chi connectivity index (χ2n) is 3.15. The summed E-state index contributed by atoms with van der Waals surface area (Å²) in [7, 11) is 0. The van der Waals surface area contributed by atoms with Crippen molar-refractivity contribution in [1.29, 1.82) is 5.26 Å². The van der Waals surface area contributed by atoms with Gasteiger partial charge in [0.25, 0.3) is 5.91 Å². The van der Waals surface area contributed by atoms with Crippen LogP contribution in [0.15, 0.2) is 18.5 Å². The first kappa shape index (κ1) is 12.5. The zero-order valence-electron chi connectivity index (χ0n) is 8.98. The van der Waals surface area contributed by atoms with Crippen molar-refractivity contribution >= 4 is 17.5 Å². The van der Waals surface area contributed by atoms with Crippen molar-refractivity contribution in [1.82, 2.24) is 9.88 Å². The maximum Gasteiger partial charge on any atom is 0.255 e. The molecule has 4 nitrogen and oxygen atoms in total. The van der Waals surface area contributed by atoms with E-state index in [4.69, 9.17) is 16.9 Å². The number of aromatic nitrogens is 1. The number of nitrogens with zero attached hydrogens (tertiary/aromatic N) is 3. The lowest BCUT2D eigenvalue weighted by molar-refractivity contribution is 0.0768. The van der Waals surface area contributed by atoms with Crippen LogP contribution < -0.4 is 0 Å². The molecule has 0 aliphatic carbocycles. The molecule has 0 aliphatic heterocycles. The highest BCUT2D eigenvalue weighted by atomic mass is 35.5. The van der Waals surface area contributed by atoms with Crippen molar-refractivity contribution < 1.29 is 4.79 Å². The number of pyridine rings is 1. The summed E-state index contributed by atoms with van der Waals surface area (Å²) in [6.07, 6.45) is 3.28. The zero-order chi connectivity index (χ0) is 12.0. The fourth-order valence-corrected chi connectivity index (χ4v) is 1.51. The molecular weight excluding hydrogens is 226 g/mol. The monoisotopic (exact) mass is 237 g/mol. The van der Waals surface area contributed by atoms with Crippen LogP contribution in [0.1, 0.15) is 23.7 Å². The van der Waals surface area contributed by atoms with Gasteiger partial charge < -0.3 is 4.90 Å². The van der Waals surface area contributed by atoms with E-state index in [0.29, 0.717) is 30.1 Å². The average Bonchev–Trinajstić information content (AvgIpc) is 2.30. The van der Waals surface area contributed by atoms with Gasteiger partial charge in [0.2, 0.25) is 0 Å². The molecule has 0 unspecified atom stereocenters. The third-order valence-electron chi connectivity index (χ3n) is 2.17. The van der Waals surface area contributed by atoms with Gasteiger partial charge in [-0.05, 0) is 13.0 Å². The second-order valence-corrected chi connectivity index (χ2v) is 3.56. The van der Waals surface area contributed by atoms with Gasteiger partial charge in [0.15, 0.2) is 0 Å². The van der Waals surface area contributed by atoms with Gasteiger partial charge in [0.1, 0.15) is 0 Å². The van der Waals surface area contributed by atoms with Crippen LogP contribution in [-0.4, -0.2) is 28.9 Å². The van der Waals surface area contributed by atoms with E-state index in [9.17, 15) is 4.79 Å². The summed E-state index contributed by atoms with van der Waals surface area (Å²) in [5.74, 6) is -0.162. The fraction of sp³-hybridized carbons (Fsp3) is 0.364. The number of amides is 1. The number of hydrogen-bond donors (Lipinski definition) is 0. The molecule has 0 bridgehead atoms. The molecule has 84 valence electrons. The smallest absolute Gasteiger partial charge is 0.255 e. The lowest BCUT2D eigenvalue weighted by Gasteiger charge is -2.19. The standard InChI is InChI=1S/C11H12ClN3O/c1-2-15(7-3-5-13)11(16)9-4-6-14-8-10(9)12/h4,6,8H,2-3,7H2,1H3. The number of carbonyl (C=O) groups is 1. The fourth-order valence-electron chi connectivity index (χ4n) is 1.31. The first-order valence-corrected chi connectivity index (χ1v) is 5.34. The third-order valence-corrected chi connectivity index (χ3v) is 2.47. The first-order valence-electron chi connectivity index (χ1n) is 4.96. The van der Waals surface area contributed by atoms with E-state index in [1.807, 2.05) is 13.0 Å². The Kier molecular flexibility index (Phi) is 4.74. The summed E-state index contributed by atoms with van der Waals surface area (Å²) in [5, 5.41) is 8.83. The van der Waals surface area contributed by atoms with Crippen molar-refractivity contribution in [3.63, 3.8) is 0 Å². The molecule has 0 N–H and O–H groups in total. The van der Waals surface area contributed by atoms with Crippen LogP contribution in [0.4, 0.5) is 0 Å². The van der Waals surface area contributed by atoms with Crippen molar-refractivity contribution in [2.75, 3.05) is 13.1 Å². The maximum atomic E-state index is 12.0. The van der Waals surface area contributed by atoms with E-state index in [-0.39, 0.29) is 5.91 Å². The molecule has 1 rings (SSSR count). The van der Waals surface area contributed by atoms with E-state index < -0.39 is 0 Å². The van der Waals surface area contributed by atoms with Crippen LogP contribution in [0, 0.1) is 11.3 Å². The van der Waals surface area contributed by atoms with Crippen molar-refractivity contribution in [2.45, 2.75) is 13.3 Å². The SMILES string of the molecule is CCN(CCC#N)C(=O)c1ccncc1Cl. The molecule has 0 atom stereocenters. The minimum Gasteiger partial charge on any atom is -0.338 e. The van der Waals surface area contributed by atoms with Crippen molar-refractivity contribution in [2.24, 2.45) is 0 Å². The highest BCUT2D eigenvalue weighted by Gasteiger charge is 2.16. The Morgan fingerprint density at radius 2 is 2.44 bits per heavy atom. The quantitative estimate of drug-likeness (QED) is 0.806. The summed E-state index contributed by atoms with van der Waals surface area (Å²) >= 11 is 5.88. The average molecular weight is 238 g/mol. The second kappa shape index (κ2) is 6.09. The molecule has 16 heavy (non-hydrogen) atoms. The maximum absolute atomic E-state index is 12.0. The van der Waals surface area contributed by atoms with Crippen LogP contribution in [0.5, 0.6) is 0 Å². The van der Waals surface area contributed by atoms with Gasteiger partial charge in [-0.2, -0.15) is 5.26 Å². The van der Waals surface area contributed by atoms with Gasteiger partial charge in [0, 0.05) is 25.5 Å². The van der Waals surface area contributed by atoms with Gasteiger partial charge in [-0.1, -0.05) is 11.6 Å². The van der Waals surface area contributed by atoms with E-state index >= 15 is 0 Å². The summed E-state index contributed by atoms with van der Waals surface area (Å²) in [6.45, 7) is 2.84. The van der Waals surface area contributed by atoms with Gasteiger partial charge >= 0.3 is 0 Å². The molecule has 0 fully saturated rings. The van der Waals surface area contributed by atoms with Crippen LogP contribution in [0.25, 0.3) is 0 Å². The van der Waals surface area contributed by atoms with E-state index in [0.717, 1.165) is 0 Å². The summed E-state index contributed by atoms with van der Waals surface area (Å²) in [6, 6.07) is 3.60. The molecule has 1 heterocycles. The molecule has 0 aliphatic rings. The van der Waals surface area contributed by atoms with Crippen molar-refractivity contribution in [3.05, 3.63) is 29.0 Å². The number of carbonyl (C=O) groups excluding carboxylic acids is 1. The Hall–Kier alpha value is -1.60. The van der Waals surface area contributed by atoms with Gasteiger partial charge in [-0.3, -0.25) is 9.78 Å². The van der Waals surface area contributed by atoms with Gasteiger partial charge in [-0.25, -0.2) is 0 Å². The Labute approximate surface area is 99.5 Å². The van der Waals surface area contributed by atoms with Crippen LogP contribution in [0.3, 0.4) is 0 Å². The predicted molar refractivity (Wildman–Crippen MR) is 61.1 cm³/mol. The molecular formula is C11H12ClN3O. The lowest BCUT2D eigenvalue weighted by atomic mass is 10.2. The van der Waals surface area contributed by atoms with Gasteiger partial charge in [-0.15, -0.1) is 0 Å². The summed E-state index contributed by atoms with van der Waals surface area (Å²) in [5.41, 5.74) is 0.427. The number of nitriles is 1. The minimum absolute atomic E-state index is 0.162. The molecule has 0 saturated carbocycles. The summed E-state index contributed by atoms with van der Waals surface area (Å²) in [4.78, 5) is 17.4. The molecule has 0 radical (unpaired) electrons. The Morgan fingerprint density at radius 3 is 3.00 bits per heavy atom. The first-order chi connectivity index (χ1) is 7.70. The third kappa shape index (κ3) is 2.94. The Balaban J connectivity index is 2.84. The van der Waals surface area contributed by atoms with E-state index in [1.165, 1.54) is 12.4 Å². The highest BCUT2D eigenvalue weighted by Crippen LogP contribution is 2.15. The zero-order valence-corrected chi connectivity index (χ0v) is 9.74. The largest absolute Gasteiger partial charge is 0.338 e. The summed E-state index contributed by atoms with van der Waals surface area (Å²) < 4.78 is 0. The minimum atomic E-state index is -0.162. The number of hydrogen-bond acceptors (Lipinski definition) is 3.